The third-order valence-electron chi connectivity index (χ3n) is 3.03. The molecule has 0 heterocycles. The van der Waals surface area contributed by atoms with Gasteiger partial charge >= 0.3 is 6.18 Å². The summed E-state index contributed by atoms with van der Waals surface area (Å²) >= 11 is 3.22. The summed E-state index contributed by atoms with van der Waals surface area (Å²) in [5.74, 6) is 4.93. The van der Waals surface area contributed by atoms with Crippen LogP contribution in [-0.4, -0.2) is 0 Å². The smallest absolute Gasteiger partial charge is 0.271 e. The molecule has 2 aromatic carbocycles. The highest BCUT2D eigenvalue weighted by atomic mass is 79.9. The molecule has 3 N–H and O–H groups in total. The first-order valence-corrected chi connectivity index (χ1v) is 6.71. The molecule has 0 fully saturated rings. The van der Waals surface area contributed by atoms with Crippen LogP contribution in [0.5, 0.6) is 0 Å². The van der Waals surface area contributed by atoms with Gasteiger partial charge in [0.1, 0.15) is 5.82 Å². The molecule has 0 amide bonds. The molecule has 0 bridgehead atoms. The van der Waals surface area contributed by atoms with Crippen molar-refractivity contribution >= 4 is 15.9 Å². The maximum atomic E-state index is 13.9. The molecule has 0 radical (unpaired) electrons. The standard InChI is InChI=1S/C14H11BrF4N2/c15-10-2-1-3-11(16)12(10)13(21-20)8-4-6-9(7-5-8)14(17,18)19/h1-7,13,21H,20H2. The van der Waals surface area contributed by atoms with E-state index < -0.39 is 23.6 Å². The third kappa shape index (κ3) is 3.42. The molecule has 2 rings (SSSR count). The Morgan fingerprint density at radius 1 is 1.05 bits per heavy atom. The highest BCUT2D eigenvalue weighted by Crippen LogP contribution is 2.33. The van der Waals surface area contributed by atoms with E-state index in [9.17, 15) is 17.6 Å². The largest absolute Gasteiger partial charge is 0.416 e. The van der Waals surface area contributed by atoms with Gasteiger partial charge in [-0.1, -0.05) is 34.1 Å². The fourth-order valence-corrected chi connectivity index (χ4v) is 2.57. The minimum absolute atomic E-state index is 0.236. The third-order valence-corrected chi connectivity index (χ3v) is 3.72. The molecule has 0 aliphatic rings. The van der Waals surface area contributed by atoms with Gasteiger partial charge in [0.05, 0.1) is 11.6 Å². The van der Waals surface area contributed by atoms with Crippen molar-refractivity contribution in [3.05, 3.63) is 69.4 Å². The Labute approximate surface area is 127 Å². The van der Waals surface area contributed by atoms with Gasteiger partial charge in [0.15, 0.2) is 0 Å². The summed E-state index contributed by atoms with van der Waals surface area (Å²) in [4.78, 5) is 0. The first-order valence-electron chi connectivity index (χ1n) is 5.91. The van der Waals surface area contributed by atoms with Crippen LogP contribution in [0, 0.1) is 5.82 Å². The average molecular weight is 363 g/mol. The fourth-order valence-electron chi connectivity index (χ4n) is 2.00. The first-order chi connectivity index (χ1) is 9.84. The van der Waals surface area contributed by atoms with E-state index in [4.69, 9.17) is 5.84 Å². The molecule has 0 aromatic heterocycles. The Morgan fingerprint density at radius 3 is 2.14 bits per heavy atom. The highest BCUT2D eigenvalue weighted by Gasteiger charge is 2.30. The van der Waals surface area contributed by atoms with Crippen molar-refractivity contribution < 1.29 is 17.6 Å². The first kappa shape index (κ1) is 15.9. The van der Waals surface area contributed by atoms with Gasteiger partial charge in [0.25, 0.3) is 0 Å². The lowest BCUT2D eigenvalue weighted by Gasteiger charge is -2.19. The summed E-state index contributed by atoms with van der Waals surface area (Å²) in [6.45, 7) is 0. The molecule has 1 atom stereocenters. The lowest BCUT2D eigenvalue weighted by Crippen LogP contribution is -2.30. The summed E-state index contributed by atoms with van der Waals surface area (Å²) in [5.41, 5.74) is 2.32. The predicted octanol–water partition coefficient (Wildman–Crippen LogP) is 4.16. The maximum Gasteiger partial charge on any atom is 0.416 e. The molecular formula is C14H11BrF4N2. The molecule has 21 heavy (non-hydrogen) atoms. The minimum Gasteiger partial charge on any atom is -0.271 e. The molecule has 2 aromatic rings. The molecule has 0 spiro atoms. The number of benzene rings is 2. The Kier molecular flexibility index (Phi) is 4.65. The van der Waals surface area contributed by atoms with Gasteiger partial charge in [-0.2, -0.15) is 13.2 Å². The molecular weight excluding hydrogens is 352 g/mol. The van der Waals surface area contributed by atoms with E-state index in [1.54, 1.807) is 6.07 Å². The fraction of sp³-hybridized carbons (Fsp3) is 0.143. The highest BCUT2D eigenvalue weighted by molar-refractivity contribution is 9.10. The number of rotatable bonds is 3. The van der Waals surface area contributed by atoms with Gasteiger partial charge in [-0.15, -0.1) is 0 Å². The quantitative estimate of drug-likeness (QED) is 0.488. The number of hydrogen-bond acceptors (Lipinski definition) is 2. The summed E-state index contributed by atoms with van der Waals surface area (Å²) in [6, 6.07) is 8.06. The lowest BCUT2D eigenvalue weighted by molar-refractivity contribution is -0.137. The van der Waals surface area contributed by atoms with Crippen LogP contribution >= 0.6 is 15.9 Å². The van der Waals surface area contributed by atoms with E-state index in [0.29, 0.717) is 10.0 Å². The minimum atomic E-state index is -4.41. The SMILES string of the molecule is NNC(c1ccc(C(F)(F)F)cc1)c1c(F)cccc1Br. The van der Waals surface area contributed by atoms with Crippen LogP contribution in [-0.2, 0) is 6.18 Å². The zero-order valence-electron chi connectivity index (χ0n) is 10.6. The predicted molar refractivity (Wildman–Crippen MR) is 74.7 cm³/mol. The van der Waals surface area contributed by atoms with Crippen LogP contribution in [0.1, 0.15) is 22.7 Å². The number of nitrogens with two attached hydrogens (primary N) is 1. The van der Waals surface area contributed by atoms with Crippen LogP contribution < -0.4 is 11.3 Å². The molecule has 0 aliphatic carbocycles. The lowest BCUT2D eigenvalue weighted by atomic mass is 9.97. The van der Waals surface area contributed by atoms with Gasteiger partial charge in [-0.3, -0.25) is 5.84 Å². The second kappa shape index (κ2) is 6.13. The summed E-state index contributed by atoms with van der Waals surface area (Å²) < 4.78 is 52.1. The number of halogens is 5. The molecule has 7 heteroatoms. The Balaban J connectivity index is 2.43. The van der Waals surface area contributed by atoms with E-state index in [-0.39, 0.29) is 5.56 Å². The van der Waals surface area contributed by atoms with Crippen molar-refractivity contribution in [1.82, 2.24) is 5.43 Å². The van der Waals surface area contributed by atoms with Crippen LogP contribution in [0.25, 0.3) is 0 Å². The zero-order chi connectivity index (χ0) is 15.6. The van der Waals surface area contributed by atoms with Crippen molar-refractivity contribution in [2.24, 2.45) is 5.84 Å². The number of hydrazine groups is 1. The van der Waals surface area contributed by atoms with E-state index in [0.717, 1.165) is 12.1 Å². The average Bonchev–Trinajstić information content (AvgIpc) is 2.42. The molecule has 0 saturated carbocycles. The summed E-state index contributed by atoms with van der Waals surface area (Å²) in [6.07, 6.45) is -4.41. The number of alkyl halides is 3. The van der Waals surface area contributed by atoms with Gasteiger partial charge in [-0.05, 0) is 29.8 Å². The second-order valence-electron chi connectivity index (χ2n) is 4.35. The zero-order valence-corrected chi connectivity index (χ0v) is 12.2. The Hall–Kier alpha value is -1.44. The summed E-state index contributed by atoms with van der Waals surface area (Å²) in [5, 5.41) is 0. The van der Waals surface area contributed by atoms with Crippen molar-refractivity contribution in [3.8, 4) is 0 Å². The molecule has 0 aliphatic heterocycles. The number of nitrogens with one attached hydrogen (secondary N) is 1. The van der Waals surface area contributed by atoms with Crippen molar-refractivity contribution in [1.29, 1.82) is 0 Å². The van der Waals surface area contributed by atoms with Crippen LogP contribution in [0.2, 0.25) is 0 Å². The normalized spacial score (nSPS) is 13.2. The monoisotopic (exact) mass is 362 g/mol. The topological polar surface area (TPSA) is 38.0 Å². The van der Waals surface area contributed by atoms with E-state index in [2.05, 4.69) is 21.4 Å². The van der Waals surface area contributed by atoms with Gasteiger partial charge in [0.2, 0.25) is 0 Å². The maximum absolute atomic E-state index is 13.9. The second-order valence-corrected chi connectivity index (χ2v) is 5.21. The molecule has 112 valence electrons. The molecule has 0 saturated heterocycles. The van der Waals surface area contributed by atoms with E-state index in [1.807, 2.05) is 0 Å². The van der Waals surface area contributed by atoms with Crippen molar-refractivity contribution in [2.45, 2.75) is 12.2 Å². The van der Waals surface area contributed by atoms with Crippen LogP contribution in [0.3, 0.4) is 0 Å². The van der Waals surface area contributed by atoms with E-state index >= 15 is 0 Å². The van der Waals surface area contributed by atoms with Crippen LogP contribution in [0.4, 0.5) is 17.6 Å². The van der Waals surface area contributed by atoms with Gasteiger partial charge in [-0.25, -0.2) is 9.82 Å². The Bertz CT molecular complexity index is 606. The number of hydrogen-bond donors (Lipinski definition) is 2. The molecule has 2 nitrogen and oxygen atoms in total. The molecule has 1 unspecified atom stereocenters. The van der Waals surface area contributed by atoms with E-state index in [1.165, 1.54) is 24.3 Å². The van der Waals surface area contributed by atoms with Gasteiger partial charge < -0.3 is 0 Å². The summed E-state index contributed by atoms with van der Waals surface area (Å²) in [7, 11) is 0. The van der Waals surface area contributed by atoms with Crippen molar-refractivity contribution in [3.63, 3.8) is 0 Å². The van der Waals surface area contributed by atoms with Crippen molar-refractivity contribution in [2.75, 3.05) is 0 Å². The van der Waals surface area contributed by atoms with Gasteiger partial charge in [0, 0.05) is 10.0 Å². The Morgan fingerprint density at radius 2 is 1.67 bits per heavy atom. The van der Waals surface area contributed by atoms with Crippen LogP contribution in [0.15, 0.2) is 46.9 Å².